The van der Waals surface area contributed by atoms with E-state index in [0.717, 1.165) is 0 Å². The molecule has 0 aliphatic rings. The fraction of sp³-hybridized carbons (Fsp3) is 0.286. The smallest absolute Gasteiger partial charge is 0.331 e. The topological polar surface area (TPSA) is 182 Å². The number of carboxylic acids is 2. The van der Waals surface area contributed by atoms with Gasteiger partial charge in [-0.3, -0.25) is 14.0 Å². The number of carbonyl (C=O) groups is 2. The highest BCUT2D eigenvalue weighted by atomic mass is 32.2. The fourth-order valence-electron chi connectivity index (χ4n) is 2.86. The predicted octanol–water partition coefficient (Wildman–Crippen LogP) is 0.845. The summed E-state index contributed by atoms with van der Waals surface area (Å²) in [6.45, 7) is 0.420. The number of guanidine groups is 1. The summed E-state index contributed by atoms with van der Waals surface area (Å²) in [5.41, 5.74) is 16.4. The largest absolute Gasteiger partial charge is 0.480 e. The highest BCUT2D eigenvalue weighted by molar-refractivity contribution is 7.86. The zero-order valence-corrected chi connectivity index (χ0v) is 18.0. The SMILES string of the molecule is C[S@@](=O)C(C(=O)O)(c1ccccc1)c1ccccc1.NC(N)=NCCC[C@H](N)C(=O)O. The number of aliphatic carboxylic acids is 2. The Morgan fingerprint density at radius 3 is 1.77 bits per heavy atom. The van der Waals surface area contributed by atoms with Crippen LogP contribution in [-0.4, -0.2) is 51.2 Å². The van der Waals surface area contributed by atoms with Crippen molar-refractivity contribution in [2.24, 2.45) is 22.2 Å². The van der Waals surface area contributed by atoms with Crippen LogP contribution in [0.4, 0.5) is 0 Å². The first-order valence-corrected chi connectivity index (χ1v) is 10.9. The van der Waals surface area contributed by atoms with Crippen molar-refractivity contribution in [3.63, 3.8) is 0 Å². The lowest BCUT2D eigenvalue weighted by molar-refractivity contribution is -0.139. The van der Waals surface area contributed by atoms with Crippen molar-refractivity contribution in [1.29, 1.82) is 0 Å². The van der Waals surface area contributed by atoms with Crippen molar-refractivity contribution in [2.75, 3.05) is 12.8 Å². The van der Waals surface area contributed by atoms with Crippen LogP contribution in [-0.2, 0) is 25.1 Å². The van der Waals surface area contributed by atoms with Gasteiger partial charge in [-0.05, 0) is 24.0 Å². The standard InChI is InChI=1S/C15H14O3S.C6H14N4O2/c1-19(18)15(14(16)17,12-8-4-2-5-9-12)13-10-6-3-7-11-13;7-4(5(11)12)2-1-3-10-6(8)9/h2-11H,1H3,(H,16,17);4H,1-3,7H2,(H,11,12)(H4,8,9,10)/t19-;4-/m10/s1. The van der Waals surface area contributed by atoms with Crippen LogP contribution in [0.15, 0.2) is 65.7 Å². The van der Waals surface area contributed by atoms with E-state index >= 15 is 0 Å². The molecule has 0 heterocycles. The number of hydrogen-bond acceptors (Lipinski definition) is 5. The molecule has 168 valence electrons. The minimum atomic E-state index is -1.59. The van der Waals surface area contributed by atoms with E-state index in [9.17, 15) is 18.9 Å². The summed E-state index contributed by atoms with van der Waals surface area (Å²) in [5.74, 6) is -2.09. The summed E-state index contributed by atoms with van der Waals surface area (Å²) in [6.07, 6.45) is 2.38. The monoisotopic (exact) mass is 448 g/mol. The third-order valence-corrected chi connectivity index (χ3v) is 5.89. The van der Waals surface area contributed by atoms with E-state index in [-0.39, 0.29) is 5.96 Å². The Hall–Kier alpha value is -3.24. The van der Waals surface area contributed by atoms with Crippen molar-refractivity contribution in [2.45, 2.75) is 23.6 Å². The van der Waals surface area contributed by atoms with E-state index in [1.165, 1.54) is 6.26 Å². The van der Waals surface area contributed by atoms with Crippen LogP contribution in [0.3, 0.4) is 0 Å². The Labute approximate surface area is 183 Å². The van der Waals surface area contributed by atoms with Crippen LogP contribution in [0.25, 0.3) is 0 Å². The maximum Gasteiger partial charge on any atom is 0.331 e. The lowest BCUT2D eigenvalue weighted by atomic mass is 9.90. The van der Waals surface area contributed by atoms with Gasteiger partial charge in [-0.25, -0.2) is 4.79 Å². The molecule has 0 spiro atoms. The molecule has 0 unspecified atom stereocenters. The van der Waals surface area contributed by atoms with Gasteiger partial charge in [0.2, 0.25) is 0 Å². The van der Waals surface area contributed by atoms with Gasteiger partial charge in [0.25, 0.3) is 0 Å². The van der Waals surface area contributed by atoms with Crippen LogP contribution < -0.4 is 17.2 Å². The summed E-state index contributed by atoms with van der Waals surface area (Å²) < 4.78 is 10.7. The van der Waals surface area contributed by atoms with Crippen LogP contribution in [0.5, 0.6) is 0 Å². The molecule has 0 amide bonds. The van der Waals surface area contributed by atoms with Gasteiger partial charge in [0.15, 0.2) is 10.7 Å². The number of nitrogens with two attached hydrogens (primary N) is 3. The van der Waals surface area contributed by atoms with Gasteiger partial charge in [-0.2, -0.15) is 0 Å². The Kier molecular flexibility index (Phi) is 10.4. The Balaban J connectivity index is 0.000000348. The highest BCUT2D eigenvalue weighted by Crippen LogP contribution is 2.35. The van der Waals surface area contributed by atoms with Gasteiger partial charge < -0.3 is 27.4 Å². The maximum atomic E-state index is 12.2. The summed E-state index contributed by atoms with van der Waals surface area (Å²) in [5, 5.41) is 18.1. The lowest BCUT2D eigenvalue weighted by Gasteiger charge is -2.28. The summed E-state index contributed by atoms with van der Waals surface area (Å²) >= 11 is 0. The van der Waals surface area contributed by atoms with Crippen LogP contribution in [0.2, 0.25) is 0 Å². The van der Waals surface area contributed by atoms with Crippen molar-refractivity contribution in [3.05, 3.63) is 71.8 Å². The predicted molar refractivity (Wildman–Crippen MR) is 121 cm³/mol. The molecule has 0 saturated heterocycles. The molecule has 31 heavy (non-hydrogen) atoms. The molecule has 0 aliphatic carbocycles. The molecular formula is C21H28N4O5S. The first kappa shape index (κ1) is 25.8. The maximum absolute atomic E-state index is 12.2. The third-order valence-electron chi connectivity index (χ3n) is 4.38. The molecule has 9 nitrogen and oxygen atoms in total. The minimum absolute atomic E-state index is 0.0129. The molecule has 2 aromatic rings. The summed E-state index contributed by atoms with van der Waals surface area (Å²) in [4.78, 5) is 25.8. The van der Waals surface area contributed by atoms with E-state index in [2.05, 4.69) is 4.99 Å². The third kappa shape index (κ3) is 7.19. The quantitative estimate of drug-likeness (QED) is 0.212. The average Bonchev–Trinajstić information content (AvgIpc) is 2.73. The van der Waals surface area contributed by atoms with E-state index in [1.807, 2.05) is 0 Å². The van der Waals surface area contributed by atoms with Crippen molar-refractivity contribution < 1.29 is 24.0 Å². The normalized spacial score (nSPS) is 12.6. The number of aliphatic imine (C=N–C) groups is 1. The van der Waals surface area contributed by atoms with E-state index in [1.54, 1.807) is 60.7 Å². The van der Waals surface area contributed by atoms with Crippen LogP contribution >= 0.6 is 0 Å². The molecule has 10 heteroatoms. The number of nitrogens with zero attached hydrogens (tertiary/aromatic N) is 1. The summed E-state index contributed by atoms with van der Waals surface area (Å²) in [7, 11) is -1.59. The Bertz CT molecular complexity index is 847. The van der Waals surface area contributed by atoms with Crippen molar-refractivity contribution in [1.82, 2.24) is 0 Å². The molecule has 2 aromatic carbocycles. The average molecular weight is 449 g/mol. The number of benzene rings is 2. The molecular weight excluding hydrogens is 420 g/mol. The first-order valence-electron chi connectivity index (χ1n) is 9.35. The van der Waals surface area contributed by atoms with Crippen molar-refractivity contribution in [3.8, 4) is 0 Å². The first-order chi connectivity index (χ1) is 14.6. The molecule has 0 aliphatic heterocycles. The van der Waals surface area contributed by atoms with Crippen molar-refractivity contribution >= 4 is 28.7 Å². The molecule has 0 fully saturated rings. The van der Waals surface area contributed by atoms with E-state index < -0.39 is 33.5 Å². The zero-order chi connectivity index (χ0) is 23.4. The second kappa shape index (κ2) is 12.5. The molecule has 8 N–H and O–H groups in total. The van der Waals surface area contributed by atoms with Gasteiger partial charge in [-0.15, -0.1) is 0 Å². The highest BCUT2D eigenvalue weighted by Gasteiger charge is 2.46. The molecule has 0 saturated carbocycles. The molecule has 0 aromatic heterocycles. The number of carboxylic acid groups (broad SMARTS) is 2. The van der Waals surface area contributed by atoms with Gasteiger partial charge >= 0.3 is 11.9 Å². The molecule has 2 rings (SSSR count). The second-order valence-corrected chi connectivity index (χ2v) is 8.09. The van der Waals surface area contributed by atoms with E-state index in [4.69, 9.17) is 22.3 Å². The fourth-order valence-corrected chi connectivity index (χ4v) is 4.04. The Morgan fingerprint density at radius 1 is 1.00 bits per heavy atom. The molecule has 0 bridgehead atoms. The molecule has 0 radical (unpaired) electrons. The van der Waals surface area contributed by atoms with Gasteiger partial charge in [0, 0.05) is 23.6 Å². The lowest BCUT2D eigenvalue weighted by Crippen LogP contribution is -2.41. The van der Waals surface area contributed by atoms with Crippen LogP contribution in [0, 0.1) is 0 Å². The molecule has 2 atom stereocenters. The zero-order valence-electron chi connectivity index (χ0n) is 17.2. The van der Waals surface area contributed by atoms with Crippen LogP contribution in [0.1, 0.15) is 24.0 Å². The number of hydrogen-bond donors (Lipinski definition) is 5. The second-order valence-electron chi connectivity index (χ2n) is 6.57. The van der Waals surface area contributed by atoms with Gasteiger partial charge in [0.05, 0.1) is 0 Å². The Morgan fingerprint density at radius 2 is 1.45 bits per heavy atom. The number of rotatable bonds is 9. The van der Waals surface area contributed by atoms with Gasteiger partial charge in [-0.1, -0.05) is 60.7 Å². The van der Waals surface area contributed by atoms with E-state index in [0.29, 0.717) is 30.5 Å². The van der Waals surface area contributed by atoms with Gasteiger partial charge in [0.1, 0.15) is 6.04 Å². The summed E-state index contributed by atoms with van der Waals surface area (Å²) in [6, 6.07) is 16.6. The minimum Gasteiger partial charge on any atom is -0.480 e.